The molecule has 24 heavy (non-hydrogen) atoms. The van der Waals surface area contributed by atoms with Crippen molar-refractivity contribution in [3.63, 3.8) is 0 Å². The van der Waals surface area contributed by atoms with Crippen molar-refractivity contribution in [2.24, 2.45) is 0 Å². The van der Waals surface area contributed by atoms with Gasteiger partial charge in [0.05, 0.1) is 5.56 Å². The predicted molar refractivity (Wildman–Crippen MR) is 103 cm³/mol. The Labute approximate surface area is 149 Å². The quantitative estimate of drug-likeness (QED) is 0.686. The monoisotopic (exact) mass is 354 g/mol. The van der Waals surface area contributed by atoms with Crippen LogP contribution in [-0.4, -0.2) is 23.3 Å². The highest BCUT2D eigenvalue weighted by Crippen LogP contribution is 2.39. The van der Waals surface area contributed by atoms with Gasteiger partial charge < -0.3 is 9.47 Å². The molecule has 0 spiro atoms. The van der Waals surface area contributed by atoms with E-state index in [1.165, 1.54) is 10.4 Å². The fourth-order valence-corrected chi connectivity index (χ4v) is 5.47. The van der Waals surface area contributed by atoms with Gasteiger partial charge in [0, 0.05) is 35.8 Å². The maximum absolute atomic E-state index is 13.3. The van der Waals surface area contributed by atoms with Crippen molar-refractivity contribution in [2.75, 3.05) is 17.7 Å². The van der Waals surface area contributed by atoms with E-state index in [2.05, 4.69) is 4.57 Å². The largest absolute Gasteiger partial charge is 0.315 e. The minimum Gasteiger partial charge on any atom is -0.315 e. The van der Waals surface area contributed by atoms with Gasteiger partial charge in [-0.3, -0.25) is 4.79 Å². The van der Waals surface area contributed by atoms with Crippen molar-refractivity contribution in [2.45, 2.75) is 12.2 Å². The first-order valence-electron chi connectivity index (χ1n) is 7.94. The summed E-state index contributed by atoms with van der Waals surface area (Å²) in [5.74, 6) is 2.18. The zero-order valence-electron chi connectivity index (χ0n) is 13.4. The molecule has 0 saturated heterocycles. The predicted octanol–water partition coefficient (Wildman–Crippen LogP) is 4.60. The number of amides is 1. The molecule has 1 aliphatic rings. The summed E-state index contributed by atoms with van der Waals surface area (Å²) < 4.78 is 2.07. The average molecular weight is 355 g/mol. The molecule has 0 aliphatic carbocycles. The number of thioether (sulfide) groups is 1. The fourth-order valence-electron chi connectivity index (χ4n) is 3.03. The molecule has 1 aliphatic heterocycles. The van der Waals surface area contributed by atoms with Gasteiger partial charge in [0.1, 0.15) is 5.00 Å². The molecule has 0 saturated carbocycles. The van der Waals surface area contributed by atoms with Crippen LogP contribution in [0, 0.1) is 0 Å². The summed E-state index contributed by atoms with van der Waals surface area (Å²) in [6.07, 6.45) is 5.01. The lowest BCUT2D eigenvalue weighted by Crippen LogP contribution is -2.28. The first-order chi connectivity index (χ1) is 11.8. The minimum atomic E-state index is 0.0781. The maximum Gasteiger partial charge on any atom is 0.261 e. The molecule has 3 nitrogen and oxygen atoms in total. The number of benzene rings is 1. The third-order valence-electron chi connectivity index (χ3n) is 4.30. The lowest BCUT2D eigenvalue weighted by atomic mass is 10.1. The fraction of sp³-hybridized carbons (Fsp3) is 0.211. The van der Waals surface area contributed by atoms with Gasteiger partial charge in [-0.25, -0.2) is 0 Å². The van der Waals surface area contributed by atoms with Crippen LogP contribution >= 0.6 is 23.1 Å². The zero-order chi connectivity index (χ0) is 16.5. The van der Waals surface area contributed by atoms with E-state index in [0.29, 0.717) is 0 Å². The molecule has 122 valence electrons. The lowest BCUT2D eigenvalue weighted by molar-refractivity contribution is 0.0992. The van der Waals surface area contributed by atoms with Crippen molar-refractivity contribution in [1.82, 2.24) is 4.57 Å². The number of hydrogen-bond donors (Lipinski definition) is 0. The molecule has 5 heteroatoms. The van der Waals surface area contributed by atoms with Crippen LogP contribution in [-0.2, 0) is 12.2 Å². The summed E-state index contributed by atoms with van der Waals surface area (Å²) in [5, 5.41) is 1.04. The number of anilines is 1. The van der Waals surface area contributed by atoms with Crippen LogP contribution in [0.25, 0.3) is 5.00 Å². The van der Waals surface area contributed by atoms with Gasteiger partial charge in [-0.05, 0) is 42.0 Å². The normalized spacial score (nSPS) is 13.5. The third-order valence-corrected chi connectivity index (χ3v) is 6.72. The second-order valence-electron chi connectivity index (χ2n) is 5.78. The molecule has 0 fully saturated rings. The van der Waals surface area contributed by atoms with Crippen LogP contribution in [0.2, 0.25) is 0 Å². The Morgan fingerprint density at radius 2 is 1.88 bits per heavy atom. The first-order valence-corrected chi connectivity index (χ1v) is 9.91. The van der Waals surface area contributed by atoms with Crippen molar-refractivity contribution in [3.05, 3.63) is 70.9 Å². The number of rotatable bonds is 3. The average Bonchev–Trinajstić information content (AvgIpc) is 3.28. The summed E-state index contributed by atoms with van der Waals surface area (Å²) in [4.78, 5) is 16.4. The Morgan fingerprint density at radius 3 is 2.62 bits per heavy atom. The van der Waals surface area contributed by atoms with Crippen LogP contribution in [0.15, 0.2) is 54.9 Å². The number of carbonyl (C=O) groups excluding carboxylic acids is 1. The zero-order valence-corrected chi connectivity index (χ0v) is 15.1. The van der Waals surface area contributed by atoms with Crippen molar-refractivity contribution < 1.29 is 4.79 Å². The highest BCUT2D eigenvalue weighted by atomic mass is 32.2. The maximum atomic E-state index is 13.3. The molecule has 2 aromatic heterocycles. The Hall–Kier alpha value is -1.98. The SMILES string of the molecule is CN(C(=O)c1c(-n2cccc2)sc2c1CCSC2)c1ccccc1. The van der Waals surface area contributed by atoms with Gasteiger partial charge in [-0.1, -0.05) is 18.2 Å². The van der Waals surface area contributed by atoms with Gasteiger partial charge >= 0.3 is 0 Å². The Bertz CT molecular complexity index is 853. The van der Waals surface area contributed by atoms with E-state index < -0.39 is 0 Å². The Morgan fingerprint density at radius 1 is 1.12 bits per heavy atom. The van der Waals surface area contributed by atoms with Crippen molar-refractivity contribution >= 4 is 34.7 Å². The topological polar surface area (TPSA) is 25.2 Å². The molecule has 0 radical (unpaired) electrons. The van der Waals surface area contributed by atoms with Crippen LogP contribution in [0.3, 0.4) is 0 Å². The van der Waals surface area contributed by atoms with E-state index in [4.69, 9.17) is 0 Å². The third kappa shape index (κ3) is 2.68. The van der Waals surface area contributed by atoms with Gasteiger partial charge in [0.15, 0.2) is 0 Å². The van der Waals surface area contributed by atoms with Crippen molar-refractivity contribution in [1.29, 1.82) is 0 Å². The number of fused-ring (bicyclic) bond motifs is 1. The molecule has 3 aromatic rings. The highest BCUT2D eigenvalue weighted by molar-refractivity contribution is 7.98. The molecule has 0 unspecified atom stereocenters. The Kier molecular flexibility index (Phi) is 4.21. The number of nitrogens with zero attached hydrogens (tertiary/aromatic N) is 2. The van der Waals surface area contributed by atoms with E-state index in [0.717, 1.165) is 34.2 Å². The van der Waals surface area contributed by atoms with Gasteiger partial charge in [0.2, 0.25) is 0 Å². The highest BCUT2D eigenvalue weighted by Gasteiger charge is 2.28. The molecular formula is C19H18N2OS2. The summed E-state index contributed by atoms with van der Waals surface area (Å²) in [6, 6.07) is 13.9. The number of para-hydroxylation sites is 1. The molecule has 1 aromatic carbocycles. The Balaban J connectivity index is 1.81. The van der Waals surface area contributed by atoms with E-state index >= 15 is 0 Å². The molecule has 0 bridgehead atoms. The second-order valence-corrected chi connectivity index (χ2v) is 7.97. The number of thiophene rings is 1. The van der Waals surface area contributed by atoms with E-state index in [-0.39, 0.29) is 5.91 Å². The smallest absolute Gasteiger partial charge is 0.261 e. The number of hydrogen-bond acceptors (Lipinski definition) is 3. The lowest BCUT2D eigenvalue weighted by Gasteiger charge is -2.20. The first kappa shape index (κ1) is 15.5. The summed E-state index contributed by atoms with van der Waals surface area (Å²) in [6.45, 7) is 0. The van der Waals surface area contributed by atoms with Gasteiger partial charge in [-0.2, -0.15) is 11.8 Å². The van der Waals surface area contributed by atoms with Crippen LogP contribution in [0.4, 0.5) is 5.69 Å². The van der Waals surface area contributed by atoms with Crippen LogP contribution in [0.5, 0.6) is 0 Å². The number of aromatic nitrogens is 1. The molecule has 3 heterocycles. The molecule has 4 rings (SSSR count). The van der Waals surface area contributed by atoms with E-state index in [1.807, 2.05) is 73.7 Å². The number of carbonyl (C=O) groups is 1. The summed E-state index contributed by atoms with van der Waals surface area (Å²) in [5.41, 5.74) is 3.04. The molecule has 0 atom stereocenters. The van der Waals surface area contributed by atoms with Gasteiger partial charge in [-0.15, -0.1) is 11.3 Å². The van der Waals surface area contributed by atoms with E-state index in [9.17, 15) is 4.79 Å². The van der Waals surface area contributed by atoms with Crippen LogP contribution < -0.4 is 4.90 Å². The molecule has 0 N–H and O–H groups in total. The minimum absolute atomic E-state index is 0.0781. The molecule has 1 amide bonds. The summed E-state index contributed by atoms with van der Waals surface area (Å²) >= 11 is 3.70. The molecular weight excluding hydrogens is 336 g/mol. The standard InChI is InChI=1S/C19H18N2OS2/c1-20(14-7-3-2-4-8-14)18(22)17-15-9-12-23-13-16(15)24-19(17)21-10-5-6-11-21/h2-8,10-11H,9,12-13H2,1H3. The summed E-state index contributed by atoms with van der Waals surface area (Å²) in [7, 11) is 1.86. The van der Waals surface area contributed by atoms with Crippen molar-refractivity contribution in [3.8, 4) is 5.00 Å². The second kappa shape index (κ2) is 6.49. The van der Waals surface area contributed by atoms with E-state index in [1.54, 1.807) is 16.2 Å². The van der Waals surface area contributed by atoms with Gasteiger partial charge in [0.25, 0.3) is 5.91 Å². The van der Waals surface area contributed by atoms with Crippen LogP contribution in [0.1, 0.15) is 20.8 Å².